The van der Waals surface area contributed by atoms with Crippen molar-refractivity contribution >= 4 is 38.9 Å². The van der Waals surface area contributed by atoms with Crippen molar-refractivity contribution in [2.24, 2.45) is 10.7 Å². The molecule has 12 heteroatoms. The lowest BCUT2D eigenvalue weighted by molar-refractivity contribution is -0.0925. The lowest BCUT2D eigenvalue weighted by Crippen LogP contribution is -2.49. The number of sulfonamides is 1. The molecule has 7 nitrogen and oxygen atoms in total. The third-order valence-corrected chi connectivity index (χ3v) is 9.82. The molecule has 0 bridgehead atoms. The molecule has 1 saturated heterocycles. The zero-order valence-corrected chi connectivity index (χ0v) is 24.6. The summed E-state index contributed by atoms with van der Waals surface area (Å²) >= 11 is 6.17. The summed E-state index contributed by atoms with van der Waals surface area (Å²) in [5.74, 6) is -0.246. The summed E-state index contributed by atoms with van der Waals surface area (Å²) in [5.41, 5.74) is 4.83. The smallest absolute Gasteiger partial charge is 0.395 e. The lowest BCUT2D eigenvalue weighted by atomic mass is 10.0. The van der Waals surface area contributed by atoms with Gasteiger partial charge in [0.05, 0.1) is 21.3 Å². The van der Waals surface area contributed by atoms with Crippen LogP contribution in [0.4, 0.5) is 18.9 Å². The van der Waals surface area contributed by atoms with Crippen molar-refractivity contribution in [3.8, 4) is 0 Å². The number of piperidine rings is 1. The minimum absolute atomic E-state index is 0.0212. The average Bonchev–Trinajstić information content (AvgIpc) is 3.83. The van der Waals surface area contributed by atoms with Gasteiger partial charge in [-0.3, -0.25) is 4.79 Å². The van der Waals surface area contributed by atoms with E-state index in [1.807, 2.05) is 0 Å². The second-order valence-corrected chi connectivity index (χ2v) is 12.8. The number of carbonyl (C=O) groups is 1. The van der Waals surface area contributed by atoms with Gasteiger partial charge in [0.15, 0.2) is 0 Å². The van der Waals surface area contributed by atoms with Crippen molar-refractivity contribution in [3.05, 3.63) is 107 Å². The maximum absolute atomic E-state index is 13.4. The predicted octanol–water partition coefficient (Wildman–Crippen LogP) is 6.32. The first-order chi connectivity index (χ1) is 20.4. The summed E-state index contributed by atoms with van der Waals surface area (Å²) in [5, 5.41) is 0.256. The Morgan fingerprint density at radius 3 is 2.02 bits per heavy atom. The number of aliphatic imine (C=N–C) groups is 1. The van der Waals surface area contributed by atoms with Crippen LogP contribution in [-0.2, 0) is 10.0 Å². The van der Waals surface area contributed by atoms with Crippen LogP contribution < -0.4 is 5.73 Å². The molecule has 0 radical (unpaired) electrons. The highest BCUT2D eigenvalue weighted by atomic mass is 35.5. The number of hydrogen-bond acceptors (Lipinski definition) is 5. The third kappa shape index (κ3) is 7.11. The molecule has 2 aliphatic rings. The quantitative estimate of drug-likeness (QED) is 0.295. The Kier molecular flexibility index (Phi) is 8.96. The summed E-state index contributed by atoms with van der Waals surface area (Å²) in [4.78, 5) is 19.6. The number of rotatable bonds is 8. The number of likely N-dealkylation sites (tertiary alicyclic amines) is 1. The Morgan fingerprint density at radius 2 is 1.44 bits per heavy atom. The van der Waals surface area contributed by atoms with Gasteiger partial charge in [0.25, 0.3) is 5.91 Å². The molecular formula is C31H30ClF3N4O3S. The standard InChI is InChI=1S/C31H30ClF3N4O3S/c32-26-8-4-5-9-27(26)37-28(20-29(36)31(33,34)35)21-10-12-22(13-11-21)30(40)38-18-16-24(17-19-38)39(23-14-15-23)43(41,42)25-6-2-1-3-7-25/h1-13,20,23-24H,14-19,36H2. The van der Waals surface area contributed by atoms with Crippen LogP contribution in [0.25, 0.3) is 0 Å². The first-order valence-corrected chi connectivity index (χ1v) is 15.6. The Balaban J connectivity index is 1.31. The Hall–Kier alpha value is -3.67. The third-order valence-electron chi connectivity index (χ3n) is 7.48. The molecule has 2 fully saturated rings. The number of alkyl halides is 3. The minimum Gasteiger partial charge on any atom is -0.395 e. The normalized spacial score (nSPS) is 17.4. The number of halogens is 4. The van der Waals surface area contributed by atoms with Gasteiger partial charge in [-0.15, -0.1) is 0 Å². The number of nitrogens with zero attached hydrogens (tertiary/aromatic N) is 3. The molecule has 43 heavy (non-hydrogen) atoms. The molecule has 5 rings (SSSR count). The highest BCUT2D eigenvalue weighted by molar-refractivity contribution is 7.89. The topological polar surface area (TPSA) is 96.1 Å². The average molecular weight is 631 g/mol. The monoisotopic (exact) mass is 630 g/mol. The van der Waals surface area contributed by atoms with Gasteiger partial charge in [-0.05, 0) is 68.2 Å². The predicted molar refractivity (Wildman–Crippen MR) is 160 cm³/mol. The van der Waals surface area contributed by atoms with Gasteiger partial charge < -0.3 is 10.6 Å². The van der Waals surface area contributed by atoms with E-state index in [0.717, 1.165) is 18.9 Å². The Labute approximate surface area is 253 Å². The molecule has 0 atom stereocenters. The van der Waals surface area contributed by atoms with E-state index in [1.54, 1.807) is 63.8 Å². The van der Waals surface area contributed by atoms with Crippen molar-refractivity contribution in [2.75, 3.05) is 13.1 Å². The molecule has 3 aromatic rings. The molecule has 1 aliphatic carbocycles. The Morgan fingerprint density at radius 1 is 0.884 bits per heavy atom. The maximum Gasteiger partial charge on any atom is 0.430 e. The van der Waals surface area contributed by atoms with Gasteiger partial charge in [0.2, 0.25) is 10.0 Å². The van der Waals surface area contributed by atoms with E-state index in [0.29, 0.717) is 37.1 Å². The molecule has 0 spiro atoms. The van der Waals surface area contributed by atoms with E-state index >= 15 is 0 Å². The fourth-order valence-electron chi connectivity index (χ4n) is 5.10. The summed E-state index contributed by atoms with van der Waals surface area (Å²) in [6.07, 6.45) is -1.36. The van der Waals surface area contributed by atoms with E-state index in [2.05, 4.69) is 4.99 Å². The summed E-state index contributed by atoms with van der Waals surface area (Å²) in [7, 11) is -3.66. The summed E-state index contributed by atoms with van der Waals surface area (Å²) in [6, 6.07) is 20.7. The summed E-state index contributed by atoms with van der Waals surface area (Å²) < 4.78 is 68.2. The van der Waals surface area contributed by atoms with Crippen LogP contribution in [0.2, 0.25) is 5.02 Å². The van der Waals surface area contributed by atoms with Crippen molar-refractivity contribution in [3.63, 3.8) is 0 Å². The van der Waals surface area contributed by atoms with Crippen LogP contribution in [0.1, 0.15) is 41.6 Å². The van der Waals surface area contributed by atoms with Gasteiger partial charge in [-0.1, -0.05) is 54.1 Å². The molecule has 0 aromatic heterocycles. The van der Waals surface area contributed by atoms with E-state index in [1.165, 1.54) is 24.3 Å². The largest absolute Gasteiger partial charge is 0.430 e. The van der Waals surface area contributed by atoms with Gasteiger partial charge in [0, 0.05) is 36.3 Å². The Bertz CT molecular complexity index is 1630. The van der Waals surface area contributed by atoms with Crippen molar-refractivity contribution < 1.29 is 26.4 Å². The van der Waals surface area contributed by atoms with E-state index in [9.17, 15) is 26.4 Å². The van der Waals surface area contributed by atoms with E-state index in [4.69, 9.17) is 17.3 Å². The van der Waals surface area contributed by atoms with Crippen molar-refractivity contribution in [2.45, 2.75) is 48.8 Å². The van der Waals surface area contributed by atoms with E-state index < -0.39 is 21.9 Å². The maximum atomic E-state index is 13.4. The van der Waals surface area contributed by atoms with Crippen LogP contribution in [0, 0.1) is 0 Å². The highest BCUT2D eigenvalue weighted by Gasteiger charge is 2.43. The second-order valence-electron chi connectivity index (χ2n) is 10.5. The molecule has 3 aromatic carbocycles. The first kappa shape index (κ1) is 30.8. The fraction of sp³-hybridized carbons (Fsp3) is 0.290. The molecule has 0 unspecified atom stereocenters. The number of allylic oxidation sites excluding steroid dienone is 2. The molecule has 1 heterocycles. The zero-order chi connectivity index (χ0) is 30.8. The minimum atomic E-state index is -4.75. The first-order valence-electron chi connectivity index (χ1n) is 13.8. The van der Waals surface area contributed by atoms with Gasteiger partial charge in [-0.25, -0.2) is 13.4 Å². The SMILES string of the molecule is NC(=CC(=Nc1ccccc1Cl)c1ccc(C(=O)N2CCC(N(C3CC3)S(=O)(=O)c3ccccc3)CC2)cc1)C(F)(F)F. The van der Waals surface area contributed by atoms with Crippen LogP contribution in [0.15, 0.2) is 101 Å². The van der Waals surface area contributed by atoms with Crippen molar-refractivity contribution in [1.82, 2.24) is 9.21 Å². The van der Waals surface area contributed by atoms with Crippen molar-refractivity contribution in [1.29, 1.82) is 0 Å². The number of amides is 1. The molecule has 2 N–H and O–H groups in total. The number of para-hydroxylation sites is 1. The van der Waals surface area contributed by atoms with Crippen LogP contribution >= 0.6 is 11.6 Å². The molecule has 1 aliphatic heterocycles. The molecule has 1 amide bonds. The zero-order valence-electron chi connectivity index (χ0n) is 23.0. The second kappa shape index (κ2) is 12.5. The molecule has 1 saturated carbocycles. The summed E-state index contributed by atoms with van der Waals surface area (Å²) in [6.45, 7) is 0.756. The lowest BCUT2D eigenvalue weighted by Gasteiger charge is -2.38. The van der Waals surface area contributed by atoms with Gasteiger partial charge >= 0.3 is 6.18 Å². The number of hydrogen-bond donors (Lipinski definition) is 1. The van der Waals surface area contributed by atoms with E-state index in [-0.39, 0.29) is 39.3 Å². The number of nitrogens with two attached hydrogens (primary N) is 1. The number of carbonyl (C=O) groups excluding carboxylic acids is 1. The highest BCUT2D eigenvalue weighted by Crippen LogP contribution is 2.37. The fourth-order valence-corrected chi connectivity index (χ4v) is 7.23. The molecule has 226 valence electrons. The number of benzene rings is 3. The van der Waals surface area contributed by atoms with Crippen LogP contribution in [0.3, 0.4) is 0 Å². The van der Waals surface area contributed by atoms with Crippen LogP contribution in [-0.4, -0.2) is 60.6 Å². The van der Waals surface area contributed by atoms with Crippen LogP contribution in [0.5, 0.6) is 0 Å². The van der Waals surface area contributed by atoms with Gasteiger partial charge in [-0.2, -0.15) is 17.5 Å². The van der Waals surface area contributed by atoms with Gasteiger partial charge in [0.1, 0.15) is 5.70 Å². The molecular weight excluding hydrogens is 601 g/mol.